The molecule has 0 aliphatic carbocycles. The Balaban J connectivity index is 3.01. The number of hydrogen-bond acceptors (Lipinski definition) is 2. The number of nitrogens with zero attached hydrogens (tertiary/aromatic N) is 1. The lowest BCUT2D eigenvalue weighted by Crippen LogP contribution is -1.90. The summed E-state index contributed by atoms with van der Waals surface area (Å²) >= 11 is 0. The van der Waals surface area contributed by atoms with Crippen molar-refractivity contribution in [2.75, 3.05) is 0 Å². The van der Waals surface area contributed by atoms with Crippen molar-refractivity contribution in [1.82, 2.24) is 5.16 Å². The molecule has 52 valence electrons. The van der Waals surface area contributed by atoms with E-state index in [4.69, 9.17) is 12.4 Å². The lowest BCUT2D eigenvalue weighted by atomic mass is 9.97. The van der Waals surface area contributed by atoms with Crippen LogP contribution in [0, 0.1) is 6.92 Å². The number of aryl methyl sites for hydroxylation is 1. The molecule has 1 heterocycles. The number of hydrogen-bond donors (Lipinski definition) is 0. The van der Waals surface area contributed by atoms with Gasteiger partial charge in [0.2, 0.25) is 0 Å². The van der Waals surface area contributed by atoms with Gasteiger partial charge in [0.1, 0.15) is 5.76 Å². The highest BCUT2D eigenvalue weighted by atomic mass is 16.5. The van der Waals surface area contributed by atoms with Gasteiger partial charge >= 0.3 is 0 Å². The Morgan fingerprint density at radius 1 is 1.60 bits per heavy atom. The van der Waals surface area contributed by atoms with E-state index in [0.29, 0.717) is 6.32 Å². The first kappa shape index (κ1) is 7.38. The quantitative estimate of drug-likeness (QED) is 0.569. The average molecular weight is 135 g/mol. The Labute approximate surface area is 62.0 Å². The number of aromatic nitrogens is 1. The maximum absolute atomic E-state index is 5.42. The van der Waals surface area contributed by atoms with E-state index in [0.717, 1.165) is 23.4 Å². The molecule has 0 amide bonds. The predicted molar refractivity (Wildman–Crippen MR) is 40.1 cm³/mol. The molecule has 0 bridgehead atoms. The van der Waals surface area contributed by atoms with Gasteiger partial charge < -0.3 is 4.52 Å². The van der Waals surface area contributed by atoms with Crippen LogP contribution in [0.5, 0.6) is 0 Å². The van der Waals surface area contributed by atoms with E-state index in [1.807, 2.05) is 6.92 Å². The van der Waals surface area contributed by atoms with E-state index in [9.17, 15) is 0 Å². The molecule has 0 unspecified atom stereocenters. The van der Waals surface area contributed by atoms with E-state index < -0.39 is 0 Å². The summed E-state index contributed by atoms with van der Waals surface area (Å²) in [6, 6.07) is 0. The van der Waals surface area contributed by atoms with Crippen molar-refractivity contribution < 1.29 is 4.52 Å². The van der Waals surface area contributed by atoms with Crippen LogP contribution in [-0.2, 0) is 12.7 Å². The van der Waals surface area contributed by atoms with E-state index in [1.165, 1.54) is 0 Å². The summed E-state index contributed by atoms with van der Waals surface area (Å²) in [5.74, 6) is 0.892. The third-order valence-corrected chi connectivity index (χ3v) is 1.61. The standard InChI is InChI=1S/C7H10BNO/c1-3-6-5(2)10-9-7(6)4-8/h3-4H2,1-2H3. The third-order valence-electron chi connectivity index (χ3n) is 1.61. The van der Waals surface area contributed by atoms with Crippen LogP contribution < -0.4 is 0 Å². The van der Waals surface area contributed by atoms with Crippen LogP contribution in [-0.4, -0.2) is 13.0 Å². The highest BCUT2D eigenvalue weighted by Gasteiger charge is 2.06. The Morgan fingerprint density at radius 2 is 2.30 bits per heavy atom. The van der Waals surface area contributed by atoms with Crippen molar-refractivity contribution in [2.24, 2.45) is 0 Å². The Hall–Kier alpha value is -0.725. The van der Waals surface area contributed by atoms with E-state index in [1.54, 1.807) is 0 Å². The van der Waals surface area contributed by atoms with Crippen molar-refractivity contribution in [3.63, 3.8) is 0 Å². The first-order valence-corrected chi connectivity index (χ1v) is 3.43. The van der Waals surface area contributed by atoms with Crippen molar-refractivity contribution in [1.29, 1.82) is 0 Å². The van der Waals surface area contributed by atoms with Crippen molar-refractivity contribution in [2.45, 2.75) is 26.6 Å². The van der Waals surface area contributed by atoms with E-state index in [-0.39, 0.29) is 0 Å². The van der Waals surface area contributed by atoms with Gasteiger partial charge in [-0.1, -0.05) is 12.1 Å². The first-order chi connectivity index (χ1) is 4.79. The second kappa shape index (κ2) is 2.91. The summed E-state index contributed by atoms with van der Waals surface area (Å²) in [4.78, 5) is 0. The largest absolute Gasteiger partial charge is 0.361 e. The highest BCUT2D eigenvalue weighted by molar-refractivity contribution is 6.08. The molecule has 0 spiro atoms. The van der Waals surface area contributed by atoms with Gasteiger partial charge in [-0.25, -0.2) is 0 Å². The fourth-order valence-corrected chi connectivity index (χ4v) is 1.05. The zero-order valence-corrected chi connectivity index (χ0v) is 6.35. The predicted octanol–water partition coefficient (Wildman–Crippen LogP) is 1.21. The van der Waals surface area contributed by atoms with Crippen LogP contribution in [0.2, 0.25) is 0 Å². The smallest absolute Gasteiger partial charge is 0.137 e. The van der Waals surface area contributed by atoms with Gasteiger partial charge in [-0.2, -0.15) is 0 Å². The summed E-state index contributed by atoms with van der Waals surface area (Å²) in [6.07, 6.45) is 1.42. The van der Waals surface area contributed by atoms with Crippen molar-refractivity contribution in [3.8, 4) is 0 Å². The van der Waals surface area contributed by atoms with Crippen LogP contribution >= 0.6 is 0 Å². The zero-order chi connectivity index (χ0) is 7.56. The maximum atomic E-state index is 5.42. The molecule has 0 aliphatic rings. The summed E-state index contributed by atoms with van der Waals surface area (Å²) in [6.45, 7) is 3.98. The minimum atomic E-state index is 0.473. The van der Waals surface area contributed by atoms with Crippen LogP contribution in [0.1, 0.15) is 23.9 Å². The summed E-state index contributed by atoms with van der Waals surface area (Å²) in [7, 11) is 5.42. The SMILES string of the molecule is [B]Cc1noc(C)c1CC. The summed E-state index contributed by atoms with van der Waals surface area (Å²) < 4.78 is 4.95. The lowest BCUT2D eigenvalue weighted by Gasteiger charge is -1.92. The van der Waals surface area contributed by atoms with Crippen molar-refractivity contribution in [3.05, 3.63) is 17.0 Å². The molecule has 1 aromatic heterocycles. The molecule has 0 saturated carbocycles. The van der Waals surface area contributed by atoms with Gasteiger partial charge in [-0.05, 0) is 19.7 Å². The Morgan fingerprint density at radius 3 is 2.70 bits per heavy atom. The molecule has 0 saturated heterocycles. The molecule has 0 aliphatic heterocycles. The zero-order valence-electron chi connectivity index (χ0n) is 6.35. The van der Waals surface area contributed by atoms with Gasteiger partial charge in [0.05, 0.1) is 13.5 Å². The molecule has 3 heteroatoms. The molecule has 0 aromatic carbocycles. The van der Waals surface area contributed by atoms with Gasteiger partial charge in [-0.3, -0.25) is 0 Å². The monoisotopic (exact) mass is 135 g/mol. The third kappa shape index (κ3) is 1.08. The fourth-order valence-electron chi connectivity index (χ4n) is 1.05. The molecule has 0 atom stereocenters. The molecular weight excluding hydrogens is 125 g/mol. The molecular formula is C7H10BNO. The van der Waals surface area contributed by atoms with Crippen LogP contribution in [0.3, 0.4) is 0 Å². The van der Waals surface area contributed by atoms with Gasteiger partial charge in [-0.15, -0.1) is 0 Å². The minimum Gasteiger partial charge on any atom is -0.361 e. The Bertz CT molecular complexity index is 219. The van der Waals surface area contributed by atoms with Gasteiger partial charge in [0, 0.05) is 5.56 Å². The van der Waals surface area contributed by atoms with Crippen molar-refractivity contribution >= 4 is 7.85 Å². The normalized spacial score (nSPS) is 10.2. The minimum absolute atomic E-state index is 0.473. The van der Waals surface area contributed by atoms with E-state index >= 15 is 0 Å². The second-order valence-electron chi connectivity index (χ2n) is 2.22. The van der Waals surface area contributed by atoms with Gasteiger partial charge in [0.25, 0.3) is 0 Å². The van der Waals surface area contributed by atoms with Crippen LogP contribution in [0.4, 0.5) is 0 Å². The molecule has 1 aromatic rings. The summed E-state index contributed by atoms with van der Waals surface area (Å²) in [5.41, 5.74) is 2.04. The fraction of sp³-hybridized carbons (Fsp3) is 0.571. The molecule has 2 nitrogen and oxygen atoms in total. The molecule has 0 N–H and O–H groups in total. The summed E-state index contributed by atoms with van der Waals surface area (Å²) in [5, 5.41) is 3.81. The number of rotatable bonds is 2. The topological polar surface area (TPSA) is 26.0 Å². The maximum Gasteiger partial charge on any atom is 0.137 e. The van der Waals surface area contributed by atoms with Crippen LogP contribution in [0.25, 0.3) is 0 Å². The van der Waals surface area contributed by atoms with E-state index in [2.05, 4.69) is 12.1 Å². The van der Waals surface area contributed by atoms with Gasteiger partial charge in [0.15, 0.2) is 0 Å². The average Bonchev–Trinajstić information content (AvgIpc) is 2.30. The highest BCUT2D eigenvalue weighted by Crippen LogP contribution is 2.12. The first-order valence-electron chi connectivity index (χ1n) is 3.43. The Kier molecular flexibility index (Phi) is 2.15. The molecule has 1 rings (SSSR count). The van der Waals surface area contributed by atoms with Crippen LogP contribution in [0.15, 0.2) is 4.52 Å². The molecule has 2 radical (unpaired) electrons. The lowest BCUT2D eigenvalue weighted by molar-refractivity contribution is 0.391. The molecule has 0 fully saturated rings. The molecule has 10 heavy (non-hydrogen) atoms. The second-order valence-corrected chi connectivity index (χ2v) is 2.22.